The van der Waals surface area contributed by atoms with E-state index in [-0.39, 0.29) is 0 Å². The van der Waals surface area contributed by atoms with Gasteiger partial charge in [0.1, 0.15) is 18.0 Å². The van der Waals surface area contributed by atoms with E-state index in [9.17, 15) is 0 Å². The molecule has 0 bridgehead atoms. The Morgan fingerprint density at radius 1 is 1.04 bits per heavy atom. The molecule has 0 spiro atoms. The number of aromatic nitrogens is 4. The van der Waals surface area contributed by atoms with Crippen molar-refractivity contribution in [3.63, 3.8) is 0 Å². The van der Waals surface area contributed by atoms with E-state index in [0.717, 1.165) is 59.7 Å². The molecule has 0 aromatic carbocycles. The van der Waals surface area contributed by atoms with Crippen LogP contribution in [0.15, 0.2) is 23.8 Å². The van der Waals surface area contributed by atoms with E-state index >= 15 is 0 Å². The van der Waals surface area contributed by atoms with Crippen molar-refractivity contribution in [2.24, 2.45) is 0 Å². The number of hydrogen-bond donors (Lipinski definition) is 0. The Bertz CT molecular complexity index is 884. The average Bonchev–Trinajstić information content (AvgIpc) is 3.10. The largest absolute Gasteiger partial charge is 0.363 e. The summed E-state index contributed by atoms with van der Waals surface area (Å²) >= 11 is 1.70. The molecule has 0 N–H and O–H groups in total. The molecule has 8 heteroatoms. The first kappa shape index (κ1) is 16.0. The summed E-state index contributed by atoms with van der Waals surface area (Å²) in [5.41, 5.74) is 2.02. The summed E-state index contributed by atoms with van der Waals surface area (Å²) in [6.45, 7) is 5.58. The van der Waals surface area contributed by atoms with E-state index in [1.165, 1.54) is 0 Å². The van der Waals surface area contributed by atoms with Crippen molar-refractivity contribution in [1.82, 2.24) is 19.9 Å². The van der Waals surface area contributed by atoms with Gasteiger partial charge in [-0.1, -0.05) is 0 Å². The van der Waals surface area contributed by atoms with Crippen LogP contribution in [0.25, 0.3) is 10.2 Å². The van der Waals surface area contributed by atoms with Gasteiger partial charge in [-0.25, -0.2) is 15.0 Å². The molecule has 1 aliphatic rings. The van der Waals surface area contributed by atoms with E-state index < -0.39 is 0 Å². The third-order valence-corrected chi connectivity index (χ3v) is 5.27. The lowest BCUT2D eigenvalue weighted by Crippen LogP contribution is -2.47. The molecule has 3 aromatic heterocycles. The summed E-state index contributed by atoms with van der Waals surface area (Å²) in [7, 11) is 4.01. The molecule has 4 heterocycles. The first-order valence-corrected chi connectivity index (χ1v) is 9.21. The van der Waals surface area contributed by atoms with Crippen LogP contribution >= 0.6 is 11.3 Å². The number of nitrogens with zero attached hydrogens (tertiary/aromatic N) is 7. The SMILES string of the molecule is Cc1cc(N(C)C)nc(N2CCN(c3ncnc4ccsc34)CC2)n1. The molecule has 25 heavy (non-hydrogen) atoms. The normalized spacial score (nSPS) is 15.0. The summed E-state index contributed by atoms with van der Waals surface area (Å²) in [5, 5.41) is 2.07. The quantitative estimate of drug-likeness (QED) is 0.713. The van der Waals surface area contributed by atoms with E-state index in [1.807, 2.05) is 38.1 Å². The molecule has 4 rings (SSSR count). The van der Waals surface area contributed by atoms with Crippen LogP contribution in [0.3, 0.4) is 0 Å². The molecule has 1 aliphatic heterocycles. The van der Waals surface area contributed by atoms with Gasteiger partial charge in [0.2, 0.25) is 5.95 Å². The highest BCUT2D eigenvalue weighted by Crippen LogP contribution is 2.29. The van der Waals surface area contributed by atoms with Crippen molar-refractivity contribution in [3.05, 3.63) is 29.5 Å². The second-order valence-electron chi connectivity index (χ2n) is 6.37. The Kier molecular flexibility index (Phi) is 4.12. The van der Waals surface area contributed by atoms with Crippen LogP contribution in [0, 0.1) is 6.92 Å². The van der Waals surface area contributed by atoms with Gasteiger partial charge < -0.3 is 14.7 Å². The van der Waals surface area contributed by atoms with Gasteiger partial charge >= 0.3 is 0 Å². The lowest BCUT2D eigenvalue weighted by Gasteiger charge is -2.35. The Morgan fingerprint density at radius 3 is 2.56 bits per heavy atom. The minimum atomic E-state index is 0.812. The van der Waals surface area contributed by atoms with Gasteiger partial charge in [-0.05, 0) is 18.4 Å². The lowest BCUT2D eigenvalue weighted by molar-refractivity contribution is 0.635. The van der Waals surface area contributed by atoms with Gasteiger partial charge in [0.25, 0.3) is 0 Å². The van der Waals surface area contributed by atoms with Gasteiger partial charge in [-0.3, -0.25) is 0 Å². The van der Waals surface area contributed by atoms with E-state index in [0.29, 0.717) is 0 Å². The third kappa shape index (κ3) is 3.09. The Balaban J connectivity index is 1.53. The van der Waals surface area contributed by atoms with Crippen molar-refractivity contribution in [2.75, 3.05) is 55.0 Å². The third-order valence-electron chi connectivity index (χ3n) is 4.37. The van der Waals surface area contributed by atoms with Crippen LogP contribution in [0.1, 0.15) is 5.69 Å². The molecule has 1 fully saturated rings. The predicted octanol–water partition coefficient (Wildman–Crippen LogP) is 2.18. The first-order chi connectivity index (χ1) is 12.1. The van der Waals surface area contributed by atoms with Gasteiger partial charge in [-0.2, -0.15) is 4.98 Å². The van der Waals surface area contributed by atoms with Gasteiger partial charge in [0, 0.05) is 52.0 Å². The van der Waals surface area contributed by atoms with Gasteiger partial charge in [0.05, 0.1) is 10.2 Å². The molecule has 0 aliphatic carbocycles. The molecule has 3 aromatic rings. The van der Waals surface area contributed by atoms with Crippen LogP contribution in [-0.2, 0) is 0 Å². The topological polar surface area (TPSA) is 61.3 Å². The van der Waals surface area contributed by atoms with Crippen molar-refractivity contribution >= 4 is 39.1 Å². The highest BCUT2D eigenvalue weighted by Gasteiger charge is 2.22. The molecule has 0 unspecified atom stereocenters. The number of piperazine rings is 1. The molecule has 130 valence electrons. The maximum atomic E-state index is 4.69. The fourth-order valence-corrected chi connectivity index (χ4v) is 3.89. The molecule has 7 nitrogen and oxygen atoms in total. The molecule has 0 atom stereocenters. The van der Waals surface area contributed by atoms with E-state index in [1.54, 1.807) is 17.7 Å². The minimum Gasteiger partial charge on any atom is -0.363 e. The highest BCUT2D eigenvalue weighted by atomic mass is 32.1. The molecular weight excluding hydrogens is 334 g/mol. The Labute approximate surface area is 151 Å². The fourth-order valence-electron chi connectivity index (χ4n) is 3.03. The monoisotopic (exact) mass is 355 g/mol. The molecule has 0 saturated carbocycles. The number of hydrogen-bond acceptors (Lipinski definition) is 8. The van der Waals surface area contributed by atoms with Crippen molar-refractivity contribution in [3.8, 4) is 0 Å². The van der Waals surface area contributed by atoms with Crippen LogP contribution < -0.4 is 14.7 Å². The number of rotatable bonds is 3. The number of anilines is 3. The van der Waals surface area contributed by atoms with Crippen molar-refractivity contribution in [2.45, 2.75) is 6.92 Å². The number of fused-ring (bicyclic) bond motifs is 1. The van der Waals surface area contributed by atoms with Crippen LogP contribution in [0.4, 0.5) is 17.6 Å². The summed E-state index contributed by atoms with van der Waals surface area (Å²) in [6.07, 6.45) is 1.66. The summed E-state index contributed by atoms with van der Waals surface area (Å²) < 4.78 is 1.16. The zero-order valence-corrected chi connectivity index (χ0v) is 15.5. The van der Waals surface area contributed by atoms with Crippen molar-refractivity contribution in [1.29, 1.82) is 0 Å². The number of thiophene rings is 1. The van der Waals surface area contributed by atoms with E-state index in [4.69, 9.17) is 4.98 Å². The Hall–Kier alpha value is -2.48. The van der Waals surface area contributed by atoms with Crippen molar-refractivity contribution < 1.29 is 0 Å². The van der Waals surface area contributed by atoms with Crippen LogP contribution in [0.5, 0.6) is 0 Å². The minimum absolute atomic E-state index is 0.812. The summed E-state index contributed by atoms with van der Waals surface area (Å²) in [6, 6.07) is 4.05. The first-order valence-electron chi connectivity index (χ1n) is 8.33. The average molecular weight is 355 g/mol. The Morgan fingerprint density at radius 2 is 1.80 bits per heavy atom. The van der Waals surface area contributed by atoms with Gasteiger partial charge in [-0.15, -0.1) is 11.3 Å². The summed E-state index contributed by atoms with van der Waals surface area (Å²) in [5.74, 6) is 2.80. The fraction of sp³-hybridized carbons (Fsp3) is 0.412. The zero-order valence-electron chi connectivity index (χ0n) is 14.7. The molecular formula is C17H21N7S. The summed E-state index contributed by atoms with van der Waals surface area (Å²) in [4.78, 5) is 24.8. The number of aryl methyl sites for hydroxylation is 1. The maximum absolute atomic E-state index is 4.69. The smallest absolute Gasteiger partial charge is 0.227 e. The van der Waals surface area contributed by atoms with Crippen LogP contribution in [0.2, 0.25) is 0 Å². The van der Waals surface area contributed by atoms with E-state index in [2.05, 4.69) is 30.1 Å². The lowest BCUT2D eigenvalue weighted by atomic mass is 10.3. The molecule has 0 radical (unpaired) electrons. The maximum Gasteiger partial charge on any atom is 0.227 e. The second kappa shape index (κ2) is 6.44. The standard InChI is InChI=1S/C17H21N7S/c1-12-10-14(22(2)3)21-17(20-12)24-7-5-23(6-8-24)16-15-13(4-9-25-15)18-11-19-16/h4,9-11H,5-8H2,1-3H3. The highest BCUT2D eigenvalue weighted by molar-refractivity contribution is 7.17. The van der Waals surface area contributed by atoms with Crippen LogP contribution in [-0.4, -0.2) is 60.2 Å². The zero-order chi connectivity index (χ0) is 17.4. The second-order valence-corrected chi connectivity index (χ2v) is 7.28. The molecule has 0 amide bonds. The molecule has 1 saturated heterocycles. The van der Waals surface area contributed by atoms with Gasteiger partial charge in [0.15, 0.2) is 0 Å². The predicted molar refractivity (Wildman–Crippen MR) is 103 cm³/mol.